The van der Waals surface area contributed by atoms with Gasteiger partial charge in [-0.1, -0.05) is 28.1 Å². The summed E-state index contributed by atoms with van der Waals surface area (Å²) >= 11 is 3.43. The van der Waals surface area contributed by atoms with Gasteiger partial charge in [0, 0.05) is 24.3 Å². The van der Waals surface area contributed by atoms with Crippen LogP contribution in [-0.4, -0.2) is 37.4 Å². The van der Waals surface area contributed by atoms with Crippen LogP contribution in [0.1, 0.15) is 15.9 Å². The van der Waals surface area contributed by atoms with Gasteiger partial charge in [0.1, 0.15) is 5.75 Å². The minimum absolute atomic E-state index is 0.116. The smallest absolute Gasteiger partial charge is 0.259 e. The summed E-state index contributed by atoms with van der Waals surface area (Å²) in [5.74, 6) is -0.0857. The van der Waals surface area contributed by atoms with E-state index in [4.69, 9.17) is 4.74 Å². The van der Waals surface area contributed by atoms with Gasteiger partial charge in [-0.25, -0.2) is 0 Å². The van der Waals surface area contributed by atoms with Crippen molar-refractivity contribution in [2.45, 2.75) is 6.92 Å². The minimum atomic E-state index is -0.287. The Morgan fingerprint density at radius 1 is 1.17 bits per heavy atom. The SMILES string of the molecule is Cc1cc(NC(=O)c2ccccc2OCC(=O)N(C)C)ccc1Br. The van der Waals surface area contributed by atoms with Gasteiger partial charge >= 0.3 is 0 Å². The molecule has 24 heavy (non-hydrogen) atoms. The Balaban J connectivity index is 2.14. The molecular formula is C18H19BrN2O3. The summed E-state index contributed by atoms with van der Waals surface area (Å²) in [5, 5.41) is 2.84. The highest BCUT2D eigenvalue weighted by molar-refractivity contribution is 9.10. The molecule has 2 amide bonds. The predicted octanol–water partition coefficient (Wildman–Crippen LogP) is 3.48. The van der Waals surface area contributed by atoms with Crippen molar-refractivity contribution < 1.29 is 14.3 Å². The molecule has 0 aliphatic heterocycles. The van der Waals surface area contributed by atoms with Gasteiger partial charge in [0.15, 0.2) is 6.61 Å². The number of aryl methyl sites for hydroxylation is 1. The summed E-state index contributed by atoms with van der Waals surface area (Å²) in [7, 11) is 3.31. The summed E-state index contributed by atoms with van der Waals surface area (Å²) in [5.41, 5.74) is 2.10. The largest absolute Gasteiger partial charge is 0.483 e. The molecule has 0 aromatic heterocycles. The molecule has 0 bridgehead atoms. The normalized spacial score (nSPS) is 10.2. The van der Waals surface area contributed by atoms with Crippen molar-refractivity contribution >= 4 is 33.4 Å². The van der Waals surface area contributed by atoms with Crippen LogP contribution < -0.4 is 10.1 Å². The third kappa shape index (κ3) is 4.58. The second kappa shape index (κ2) is 7.97. The monoisotopic (exact) mass is 390 g/mol. The Hall–Kier alpha value is -2.34. The lowest BCUT2D eigenvalue weighted by atomic mass is 10.1. The first kappa shape index (κ1) is 18.0. The summed E-state index contributed by atoms with van der Waals surface area (Å²) < 4.78 is 6.48. The van der Waals surface area contributed by atoms with Crippen molar-refractivity contribution in [2.75, 3.05) is 26.0 Å². The molecule has 1 N–H and O–H groups in total. The first-order valence-electron chi connectivity index (χ1n) is 7.38. The molecule has 0 aliphatic carbocycles. The molecule has 0 aliphatic rings. The number of rotatable bonds is 5. The maximum atomic E-state index is 12.5. The summed E-state index contributed by atoms with van der Waals surface area (Å²) in [6, 6.07) is 12.4. The Bertz CT molecular complexity index is 760. The van der Waals surface area contributed by atoms with Crippen LogP contribution in [0.25, 0.3) is 0 Å². The fourth-order valence-electron chi connectivity index (χ4n) is 1.97. The topological polar surface area (TPSA) is 58.6 Å². The fraction of sp³-hybridized carbons (Fsp3) is 0.222. The van der Waals surface area contributed by atoms with Gasteiger partial charge in [0.05, 0.1) is 5.56 Å². The number of halogens is 1. The van der Waals surface area contributed by atoms with Crippen LogP contribution in [0.5, 0.6) is 5.75 Å². The van der Waals surface area contributed by atoms with E-state index in [1.54, 1.807) is 38.4 Å². The van der Waals surface area contributed by atoms with Crippen molar-refractivity contribution in [1.29, 1.82) is 0 Å². The quantitative estimate of drug-likeness (QED) is 0.849. The molecule has 2 aromatic rings. The Kier molecular flexibility index (Phi) is 5.98. The van der Waals surface area contributed by atoms with Crippen molar-refractivity contribution in [3.8, 4) is 5.75 Å². The highest BCUT2D eigenvalue weighted by Crippen LogP contribution is 2.23. The van der Waals surface area contributed by atoms with Crippen LogP contribution >= 0.6 is 15.9 Å². The van der Waals surface area contributed by atoms with Crippen LogP contribution in [0.3, 0.4) is 0 Å². The predicted molar refractivity (Wildman–Crippen MR) is 97.5 cm³/mol. The number of hydrogen-bond acceptors (Lipinski definition) is 3. The number of para-hydroxylation sites is 1. The molecule has 2 aromatic carbocycles. The van der Waals surface area contributed by atoms with Crippen molar-refractivity contribution in [1.82, 2.24) is 4.90 Å². The van der Waals surface area contributed by atoms with Crippen LogP contribution in [-0.2, 0) is 4.79 Å². The standard InChI is InChI=1S/C18H19BrN2O3/c1-12-10-13(8-9-15(12)19)20-18(23)14-6-4-5-7-16(14)24-11-17(22)21(2)3/h4-10H,11H2,1-3H3,(H,20,23). The van der Waals surface area contributed by atoms with E-state index in [0.717, 1.165) is 10.0 Å². The first-order chi connectivity index (χ1) is 11.4. The molecule has 0 heterocycles. The zero-order valence-electron chi connectivity index (χ0n) is 13.8. The van der Waals surface area contributed by atoms with Gasteiger partial charge in [-0.3, -0.25) is 9.59 Å². The average Bonchev–Trinajstić information content (AvgIpc) is 2.56. The van der Waals surface area contributed by atoms with Crippen molar-refractivity contribution in [2.24, 2.45) is 0 Å². The highest BCUT2D eigenvalue weighted by Gasteiger charge is 2.14. The van der Waals surface area contributed by atoms with Crippen molar-refractivity contribution in [3.05, 3.63) is 58.1 Å². The van der Waals surface area contributed by atoms with Gasteiger partial charge in [-0.15, -0.1) is 0 Å². The number of hydrogen-bond donors (Lipinski definition) is 1. The maximum absolute atomic E-state index is 12.5. The lowest BCUT2D eigenvalue weighted by molar-refractivity contribution is -0.130. The number of anilines is 1. The summed E-state index contributed by atoms with van der Waals surface area (Å²) in [6.45, 7) is 1.83. The molecule has 0 saturated carbocycles. The maximum Gasteiger partial charge on any atom is 0.259 e. The second-order valence-electron chi connectivity index (χ2n) is 5.49. The van der Waals surface area contributed by atoms with Gasteiger partial charge < -0.3 is 15.0 Å². The molecule has 0 saturated heterocycles. The second-order valence-corrected chi connectivity index (χ2v) is 6.35. The molecule has 6 heteroatoms. The molecule has 0 radical (unpaired) electrons. The lowest BCUT2D eigenvalue weighted by Gasteiger charge is -2.14. The number of likely N-dealkylation sites (N-methyl/N-ethyl adjacent to an activating group) is 1. The van der Waals surface area contributed by atoms with E-state index < -0.39 is 0 Å². The zero-order valence-corrected chi connectivity index (χ0v) is 15.4. The molecule has 5 nitrogen and oxygen atoms in total. The number of amides is 2. The molecule has 126 valence electrons. The highest BCUT2D eigenvalue weighted by atomic mass is 79.9. The van der Waals surface area contributed by atoms with E-state index in [-0.39, 0.29) is 18.4 Å². The number of ether oxygens (including phenoxy) is 1. The van der Waals surface area contributed by atoms with Crippen LogP contribution in [0.15, 0.2) is 46.9 Å². The number of carbonyl (C=O) groups is 2. The zero-order chi connectivity index (χ0) is 17.7. The third-order valence-corrected chi connectivity index (χ3v) is 4.29. The van der Waals surface area contributed by atoms with Gasteiger partial charge in [-0.05, 0) is 42.8 Å². The van der Waals surface area contributed by atoms with Crippen molar-refractivity contribution in [3.63, 3.8) is 0 Å². The lowest BCUT2D eigenvalue weighted by Crippen LogP contribution is -2.28. The summed E-state index contributed by atoms with van der Waals surface area (Å²) in [4.78, 5) is 25.6. The number of carbonyl (C=O) groups excluding carboxylic acids is 2. The van der Waals surface area contributed by atoms with Crippen LogP contribution in [0, 0.1) is 6.92 Å². The molecular weight excluding hydrogens is 372 g/mol. The number of benzene rings is 2. The first-order valence-corrected chi connectivity index (χ1v) is 8.17. The molecule has 0 spiro atoms. The van der Waals surface area contributed by atoms with Gasteiger partial charge in [0.25, 0.3) is 11.8 Å². The molecule has 2 rings (SSSR count). The minimum Gasteiger partial charge on any atom is -0.483 e. The Morgan fingerprint density at radius 2 is 1.88 bits per heavy atom. The summed E-state index contributed by atoms with van der Waals surface area (Å²) in [6.07, 6.45) is 0. The molecule has 0 fully saturated rings. The third-order valence-electron chi connectivity index (χ3n) is 3.40. The Morgan fingerprint density at radius 3 is 2.54 bits per heavy atom. The van der Waals surface area contributed by atoms with E-state index in [0.29, 0.717) is 17.0 Å². The van der Waals surface area contributed by atoms with Crippen LogP contribution in [0.2, 0.25) is 0 Å². The average molecular weight is 391 g/mol. The van der Waals surface area contributed by atoms with Gasteiger partial charge in [-0.2, -0.15) is 0 Å². The van der Waals surface area contributed by atoms with E-state index in [1.165, 1.54) is 4.90 Å². The fourth-order valence-corrected chi connectivity index (χ4v) is 2.22. The van der Waals surface area contributed by atoms with E-state index in [9.17, 15) is 9.59 Å². The van der Waals surface area contributed by atoms with Crippen LogP contribution in [0.4, 0.5) is 5.69 Å². The Labute approximate surface area is 149 Å². The molecule has 0 atom stereocenters. The van der Waals surface area contributed by atoms with Gasteiger partial charge in [0.2, 0.25) is 0 Å². The number of nitrogens with zero attached hydrogens (tertiary/aromatic N) is 1. The van der Waals surface area contributed by atoms with E-state index in [2.05, 4.69) is 21.2 Å². The van der Waals surface area contributed by atoms with E-state index in [1.807, 2.05) is 25.1 Å². The van der Waals surface area contributed by atoms with E-state index >= 15 is 0 Å². The number of nitrogens with one attached hydrogen (secondary N) is 1. The molecule has 0 unspecified atom stereocenters.